The lowest BCUT2D eigenvalue weighted by Crippen LogP contribution is -2.09. The van der Waals surface area contributed by atoms with E-state index >= 15 is 0 Å². The summed E-state index contributed by atoms with van der Waals surface area (Å²) in [5.74, 6) is 6.97. The maximum atomic E-state index is 2.63. The van der Waals surface area contributed by atoms with Gasteiger partial charge in [0.25, 0.3) is 0 Å². The van der Waals surface area contributed by atoms with Gasteiger partial charge >= 0.3 is 0 Å². The summed E-state index contributed by atoms with van der Waals surface area (Å²) in [6.07, 6.45) is 12.2. The molecule has 0 N–H and O–H groups in total. The Morgan fingerprint density at radius 2 is 2.00 bits per heavy atom. The van der Waals surface area contributed by atoms with Crippen molar-refractivity contribution in [2.24, 2.45) is 35.5 Å². The van der Waals surface area contributed by atoms with Gasteiger partial charge in [-0.25, -0.2) is 0 Å². The van der Waals surface area contributed by atoms with E-state index in [-0.39, 0.29) is 0 Å². The summed E-state index contributed by atoms with van der Waals surface area (Å²) >= 11 is 0. The van der Waals surface area contributed by atoms with Crippen molar-refractivity contribution in [3.05, 3.63) is 23.3 Å². The highest BCUT2D eigenvalue weighted by Gasteiger charge is 2.72. The third kappa shape index (κ3) is 1.42. The first-order valence-electron chi connectivity index (χ1n) is 7.57. The largest absolute Gasteiger partial charge is 0.0856 e. The molecule has 0 aromatic rings. The van der Waals surface area contributed by atoms with Gasteiger partial charge in [0.2, 0.25) is 0 Å². The number of rotatable bonds is 3. The van der Waals surface area contributed by atoms with Gasteiger partial charge in [-0.3, -0.25) is 0 Å². The van der Waals surface area contributed by atoms with Crippen molar-refractivity contribution in [2.75, 3.05) is 0 Å². The normalized spacial score (nSPS) is 48.7. The second-order valence-electron chi connectivity index (χ2n) is 7.17. The van der Waals surface area contributed by atoms with E-state index in [2.05, 4.69) is 26.0 Å². The van der Waals surface area contributed by atoms with Crippen molar-refractivity contribution < 1.29 is 0 Å². The average Bonchev–Trinajstić information content (AvgIpc) is 2.57. The quantitative estimate of drug-likeness (QED) is 0.620. The molecule has 5 rings (SSSR count). The van der Waals surface area contributed by atoms with Gasteiger partial charge in [0.15, 0.2) is 0 Å². The van der Waals surface area contributed by atoms with Crippen LogP contribution in [0.2, 0.25) is 0 Å². The van der Waals surface area contributed by atoms with Gasteiger partial charge in [-0.1, -0.05) is 23.3 Å². The monoisotopic (exact) mass is 228 g/mol. The highest BCUT2D eigenvalue weighted by atomic mass is 14.8. The molecule has 0 aliphatic heterocycles. The molecule has 0 heterocycles. The van der Waals surface area contributed by atoms with Crippen LogP contribution in [-0.2, 0) is 0 Å². The van der Waals surface area contributed by atoms with Gasteiger partial charge in [-0.2, -0.15) is 0 Å². The van der Waals surface area contributed by atoms with E-state index in [0.29, 0.717) is 0 Å². The number of hydrogen-bond donors (Lipinski definition) is 0. The van der Waals surface area contributed by atoms with Crippen LogP contribution in [0.25, 0.3) is 0 Å². The van der Waals surface area contributed by atoms with Crippen molar-refractivity contribution in [1.29, 1.82) is 0 Å². The molecule has 5 aliphatic rings. The zero-order valence-corrected chi connectivity index (χ0v) is 11.2. The lowest BCUT2D eigenvalue weighted by molar-refractivity contribution is 0.344. The van der Waals surface area contributed by atoms with Crippen molar-refractivity contribution >= 4 is 0 Å². The summed E-state index contributed by atoms with van der Waals surface area (Å²) in [5.41, 5.74) is 3.27. The molecule has 0 radical (unpaired) electrons. The Hall–Kier alpha value is -0.520. The van der Waals surface area contributed by atoms with E-state index in [9.17, 15) is 0 Å². The smallest absolute Gasteiger partial charge is 0.0285 e. The van der Waals surface area contributed by atoms with Gasteiger partial charge in [0.05, 0.1) is 0 Å². The summed E-state index contributed by atoms with van der Waals surface area (Å²) in [4.78, 5) is 0. The Morgan fingerprint density at radius 3 is 2.76 bits per heavy atom. The Kier molecular flexibility index (Phi) is 2.14. The van der Waals surface area contributed by atoms with Crippen LogP contribution in [0.3, 0.4) is 0 Å². The highest BCUT2D eigenvalue weighted by molar-refractivity contribution is 5.26. The predicted molar refractivity (Wildman–Crippen MR) is 71.5 cm³/mol. The minimum atomic E-state index is 1.12. The van der Waals surface area contributed by atoms with Crippen LogP contribution >= 0.6 is 0 Å². The highest BCUT2D eigenvalue weighted by Crippen LogP contribution is 2.78. The van der Waals surface area contributed by atoms with Gasteiger partial charge in [-0.05, 0) is 81.5 Å². The molecule has 6 atom stereocenters. The van der Waals surface area contributed by atoms with E-state index in [4.69, 9.17) is 0 Å². The predicted octanol–water partition coefficient (Wildman–Crippen LogP) is 4.58. The summed E-state index contributed by atoms with van der Waals surface area (Å²) in [5, 5.41) is 0. The van der Waals surface area contributed by atoms with Gasteiger partial charge < -0.3 is 0 Å². The van der Waals surface area contributed by atoms with Gasteiger partial charge in [0.1, 0.15) is 0 Å². The minimum absolute atomic E-state index is 1.12. The summed E-state index contributed by atoms with van der Waals surface area (Å²) in [6.45, 7) is 4.43. The summed E-state index contributed by atoms with van der Waals surface area (Å²) < 4.78 is 0. The van der Waals surface area contributed by atoms with Crippen LogP contribution in [0, 0.1) is 35.5 Å². The number of hydrogen-bond acceptors (Lipinski definition) is 0. The molecule has 17 heavy (non-hydrogen) atoms. The second kappa shape index (κ2) is 3.49. The van der Waals surface area contributed by atoms with E-state index in [0.717, 1.165) is 17.8 Å². The van der Waals surface area contributed by atoms with E-state index in [1.165, 1.54) is 49.0 Å². The molecule has 0 aromatic carbocycles. The maximum absolute atomic E-state index is 2.63. The van der Waals surface area contributed by atoms with Gasteiger partial charge in [-0.15, -0.1) is 0 Å². The van der Waals surface area contributed by atoms with Crippen molar-refractivity contribution in [3.8, 4) is 0 Å². The molecular formula is C17H24. The molecule has 92 valence electrons. The van der Waals surface area contributed by atoms with Crippen LogP contribution in [0.15, 0.2) is 23.3 Å². The fourth-order valence-electron chi connectivity index (χ4n) is 5.56. The molecule has 5 aliphatic carbocycles. The second-order valence-corrected chi connectivity index (χ2v) is 7.17. The standard InChI is InChI=1S/C17H24/c1-10(2)4-3-5-11-6-7-12-13-9-15-16(12)17(15)14(13)8-11/h4,6,12-17H,3,5,7-9H2,1-2H3. The molecule has 0 saturated heterocycles. The van der Waals surface area contributed by atoms with Crippen molar-refractivity contribution in [3.63, 3.8) is 0 Å². The zero-order chi connectivity index (χ0) is 11.6. The lowest BCUT2D eigenvalue weighted by atomic mass is 9.88. The maximum Gasteiger partial charge on any atom is -0.0285 e. The molecule has 4 saturated carbocycles. The van der Waals surface area contributed by atoms with Crippen molar-refractivity contribution in [2.45, 2.75) is 46.0 Å². The van der Waals surface area contributed by atoms with Crippen LogP contribution in [0.4, 0.5) is 0 Å². The minimum Gasteiger partial charge on any atom is -0.0856 e. The zero-order valence-electron chi connectivity index (χ0n) is 11.2. The molecule has 4 fully saturated rings. The Labute approximate surface area is 105 Å². The lowest BCUT2D eigenvalue weighted by Gasteiger charge is -2.16. The first-order chi connectivity index (χ1) is 8.25. The molecule has 6 unspecified atom stereocenters. The van der Waals surface area contributed by atoms with Gasteiger partial charge in [0, 0.05) is 0 Å². The Morgan fingerprint density at radius 1 is 1.18 bits per heavy atom. The molecule has 6 bridgehead atoms. The van der Waals surface area contributed by atoms with Crippen molar-refractivity contribution in [1.82, 2.24) is 0 Å². The SMILES string of the molecule is CC(C)=CCCC1=CCC2C3CC4C2C4C3C1. The number of allylic oxidation sites excluding steroid dienone is 4. The van der Waals surface area contributed by atoms with Crippen LogP contribution in [0.1, 0.15) is 46.0 Å². The molecular weight excluding hydrogens is 204 g/mol. The average molecular weight is 228 g/mol. The van der Waals surface area contributed by atoms with Crippen LogP contribution in [0.5, 0.6) is 0 Å². The third-order valence-corrected chi connectivity index (χ3v) is 6.12. The fraction of sp³-hybridized carbons (Fsp3) is 0.765. The topological polar surface area (TPSA) is 0 Å². The van der Waals surface area contributed by atoms with Crippen LogP contribution in [-0.4, -0.2) is 0 Å². The Bertz CT molecular complexity index is 396. The summed E-state index contributed by atoms with van der Waals surface area (Å²) in [7, 11) is 0. The molecule has 0 aromatic heterocycles. The van der Waals surface area contributed by atoms with E-state index in [1.54, 1.807) is 12.0 Å². The van der Waals surface area contributed by atoms with E-state index < -0.39 is 0 Å². The van der Waals surface area contributed by atoms with Crippen LogP contribution < -0.4 is 0 Å². The first kappa shape index (κ1) is 10.4. The molecule has 0 heteroatoms. The molecule has 0 spiro atoms. The molecule has 0 nitrogen and oxygen atoms in total. The summed E-state index contributed by atoms with van der Waals surface area (Å²) in [6, 6.07) is 0. The fourth-order valence-corrected chi connectivity index (χ4v) is 5.56. The Balaban J connectivity index is 1.44. The first-order valence-corrected chi connectivity index (χ1v) is 7.57. The molecule has 0 amide bonds. The third-order valence-electron chi connectivity index (χ3n) is 6.12. The van der Waals surface area contributed by atoms with E-state index in [1.807, 2.05) is 0 Å².